The lowest BCUT2D eigenvalue weighted by Crippen LogP contribution is -2.34. The summed E-state index contributed by atoms with van der Waals surface area (Å²) in [6.07, 6.45) is 6.22. The Morgan fingerprint density at radius 2 is 2.17 bits per heavy atom. The van der Waals surface area contributed by atoms with Crippen LogP contribution >= 0.6 is 0 Å². The third kappa shape index (κ3) is 3.00. The molecule has 0 amide bonds. The van der Waals surface area contributed by atoms with Gasteiger partial charge in [-0.05, 0) is 56.7 Å². The number of hydrogen-bond acceptors (Lipinski definition) is 5. The number of carbonyl (C=O) groups excluding carboxylic acids is 1. The molecule has 1 N–H and O–H groups in total. The number of ether oxygens (including phenoxy) is 1. The largest absolute Gasteiger partial charge is 0.460 e. The van der Waals surface area contributed by atoms with Gasteiger partial charge in [-0.1, -0.05) is 0 Å². The Bertz CT molecular complexity index is 721. The molecule has 6 heteroatoms. The minimum Gasteiger partial charge on any atom is -0.460 e. The molecule has 126 valence electrons. The van der Waals surface area contributed by atoms with Gasteiger partial charge in [-0.15, -0.1) is 5.10 Å². The summed E-state index contributed by atoms with van der Waals surface area (Å²) in [5, 5.41) is 8.39. The highest BCUT2D eigenvalue weighted by atomic mass is 16.5. The quantitative estimate of drug-likeness (QED) is 0.856. The summed E-state index contributed by atoms with van der Waals surface area (Å²) in [5.41, 5.74) is 2.63. The molecule has 0 aromatic carbocycles. The molecule has 2 aromatic heterocycles. The van der Waals surface area contributed by atoms with Crippen LogP contribution in [0.1, 0.15) is 53.3 Å². The Balaban J connectivity index is 1.40. The molecule has 1 aliphatic carbocycles. The molecule has 4 rings (SSSR count). The van der Waals surface area contributed by atoms with E-state index in [4.69, 9.17) is 4.74 Å². The van der Waals surface area contributed by atoms with Crippen LogP contribution in [-0.4, -0.2) is 40.3 Å². The van der Waals surface area contributed by atoms with E-state index in [2.05, 4.69) is 20.1 Å². The van der Waals surface area contributed by atoms with Gasteiger partial charge < -0.3 is 14.6 Å². The van der Waals surface area contributed by atoms with Gasteiger partial charge in [0.05, 0.1) is 17.3 Å². The number of anilines is 1. The predicted octanol–water partition coefficient (Wildman–Crippen LogP) is 2.82. The van der Waals surface area contributed by atoms with Crippen molar-refractivity contribution in [3.63, 3.8) is 0 Å². The maximum atomic E-state index is 12.4. The van der Waals surface area contributed by atoms with Gasteiger partial charge in [-0.25, -0.2) is 4.79 Å². The van der Waals surface area contributed by atoms with E-state index in [1.807, 2.05) is 31.3 Å². The summed E-state index contributed by atoms with van der Waals surface area (Å²) >= 11 is 0. The van der Waals surface area contributed by atoms with Crippen LogP contribution in [0, 0.1) is 6.92 Å². The van der Waals surface area contributed by atoms with Crippen molar-refractivity contribution in [3.8, 4) is 0 Å². The second-order valence-electron chi connectivity index (χ2n) is 6.70. The van der Waals surface area contributed by atoms with Crippen molar-refractivity contribution >= 4 is 11.8 Å². The Morgan fingerprint density at radius 3 is 2.92 bits per heavy atom. The van der Waals surface area contributed by atoms with E-state index in [1.54, 1.807) is 0 Å². The minimum absolute atomic E-state index is 0.175. The van der Waals surface area contributed by atoms with E-state index in [0.29, 0.717) is 18.1 Å². The Labute approximate surface area is 141 Å². The Hall–Kier alpha value is -2.37. The topological polar surface area (TPSA) is 71.1 Å². The number of esters is 1. The van der Waals surface area contributed by atoms with Gasteiger partial charge >= 0.3 is 5.97 Å². The van der Waals surface area contributed by atoms with Crippen LogP contribution in [0.3, 0.4) is 0 Å². The summed E-state index contributed by atoms with van der Waals surface area (Å²) in [7, 11) is 0. The molecule has 0 radical (unpaired) electrons. The van der Waals surface area contributed by atoms with Crippen molar-refractivity contribution in [1.82, 2.24) is 15.2 Å². The number of H-pyrrole nitrogens is 1. The normalized spacial score (nSPS) is 20.4. The first-order valence-electron chi connectivity index (χ1n) is 8.64. The fourth-order valence-corrected chi connectivity index (χ4v) is 3.38. The van der Waals surface area contributed by atoms with Gasteiger partial charge in [0.1, 0.15) is 6.61 Å². The van der Waals surface area contributed by atoms with Gasteiger partial charge in [0.2, 0.25) is 0 Å². The van der Waals surface area contributed by atoms with Gasteiger partial charge in [0.15, 0.2) is 5.82 Å². The monoisotopic (exact) mass is 326 g/mol. The molecule has 2 aliphatic rings. The van der Waals surface area contributed by atoms with E-state index in [1.165, 1.54) is 0 Å². The van der Waals surface area contributed by atoms with Crippen molar-refractivity contribution in [2.45, 2.75) is 44.6 Å². The fraction of sp³-hybridized carbons (Fsp3) is 0.500. The van der Waals surface area contributed by atoms with Crippen LogP contribution in [0.5, 0.6) is 0 Å². The number of aromatic amines is 1. The second kappa shape index (κ2) is 6.26. The first-order valence-corrected chi connectivity index (χ1v) is 8.64. The molecule has 0 unspecified atom stereocenters. The van der Waals surface area contributed by atoms with Crippen LogP contribution in [-0.2, 0) is 4.74 Å². The van der Waals surface area contributed by atoms with Gasteiger partial charge in [-0.3, -0.25) is 0 Å². The van der Waals surface area contributed by atoms with Crippen molar-refractivity contribution in [3.05, 3.63) is 41.3 Å². The smallest absolute Gasteiger partial charge is 0.340 e. The number of aryl methyl sites for hydroxylation is 1. The SMILES string of the molecule is Cc1ccc(N2CCC[C@@H]2COC(=O)c2cc[nH]c2C2CC2)nn1. The zero-order chi connectivity index (χ0) is 16.5. The predicted molar refractivity (Wildman–Crippen MR) is 90.2 cm³/mol. The van der Waals surface area contributed by atoms with E-state index in [-0.39, 0.29) is 12.0 Å². The van der Waals surface area contributed by atoms with Crippen molar-refractivity contribution in [1.29, 1.82) is 0 Å². The number of carbonyl (C=O) groups is 1. The average Bonchev–Trinajstić information content (AvgIpc) is 3.13. The van der Waals surface area contributed by atoms with E-state index in [0.717, 1.165) is 49.4 Å². The molecular formula is C18H22N4O2. The molecule has 6 nitrogen and oxygen atoms in total. The highest BCUT2D eigenvalue weighted by Crippen LogP contribution is 2.40. The summed E-state index contributed by atoms with van der Waals surface area (Å²) < 4.78 is 5.62. The molecule has 2 fully saturated rings. The van der Waals surface area contributed by atoms with Gasteiger partial charge in [-0.2, -0.15) is 5.10 Å². The molecule has 0 bridgehead atoms. The Morgan fingerprint density at radius 1 is 1.29 bits per heavy atom. The lowest BCUT2D eigenvalue weighted by molar-refractivity contribution is 0.0481. The van der Waals surface area contributed by atoms with E-state index >= 15 is 0 Å². The third-order valence-electron chi connectivity index (χ3n) is 4.85. The van der Waals surface area contributed by atoms with Gasteiger partial charge in [0, 0.05) is 18.4 Å². The number of nitrogens with zero attached hydrogens (tertiary/aromatic N) is 3. The lowest BCUT2D eigenvalue weighted by Gasteiger charge is -2.24. The maximum Gasteiger partial charge on any atom is 0.340 e. The van der Waals surface area contributed by atoms with E-state index in [9.17, 15) is 4.79 Å². The lowest BCUT2D eigenvalue weighted by atomic mass is 10.2. The number of nitrogens with one attached hydrogen (secondary N) is 1. The molecule has 1 saturated heterocycles. The summed E-state index contributed by atoms with van der Waals surface area (Å²) in [6.45, 7) is 3.25. The van der Waals surface area contributed by atoms with Crippen molar-refractivity contribution < 1.29 is 9.53 Å². The van der Waals surface area contributed by atoms with Crippen molar-refractivity contribution in [2.75, 3.05) is 18.1 Å². The van der Waals surface area contributed by atoms with Crippen LogP contribution in [0.4, 0.5) is 5.82 Å². The van der Waals surface area contributed by atoms with Crippen LogP contribution in [0.15, 0.2) is 24.4 Å². The third-order valence-corrected chi connectivity index (χ3v) is 4.85. The highest BCUT2D eigenvalue weighted by Gasteiger charge is 2.31. The number of hydrogen-bond donors (Lipinski definition) is 1. The van der Waals surface area contributed by atoms with Gasteiger partial charge in [0.25, 0.3) is 0 Å². The summed E-state index contributed by atoms with van der Waals surface area (Å²) in [6, 6.07) is 5.95. The molecule has 1 saturated carbocycles. The highest BCUT2D eigenvalue weighted by molar-refractivity contribution is 5.91. The zero-order valence-corrected chi connectivity index (χ0v) is 13.9. The van der Waals surface area contributed by atoms with Crippen LogP contribution in [0.25, 0.3) is 0 Å². The zero-order valence-electron chi connectivity index (χ0n) is 13.9. The molecule has 2 aromatic rings. The molecule has 1 aliphatic heterocycles. The molecule has 0 spiro atoms. The first kappa shape index (κ1) is 15.2. The fourth-order valence-electron chi connectivity index (χ4n) is 3.38. The van der Waals surface area contributed by atoms with Crippen LogP contribution < -0.4 is 4.90 Å². The molecule has 3 heterocycles. The Kier molecular flexibility index (Phi) is 3.96. The standard InChI is InChI=1S/C18H22N4O2/c1-12-4-7-16(21-20-12)22-10-2-3-14(22)11-24-18(23)15-8-9-19-17(15)13-5-6-13/h4,7-9,13-14,19H,2-3,5-6,10-11H2,1H3/t14-/m1/s1. The number of rotatable bonds is 5. The number of aromatic nitrogens is 3. The minimum atomic E-state index is -0.222. The van der Waals surface area contributed by atoms with Crippen molar-refractivity contribution in [2.24, 2.45) is 0 Å². The van der Waals surface area contributed by atoms with Crippen LogP contribution in [0.2, 0.25) is 0 Å². The maximum absolute atomic E-state index is 12.4. The molecular weight excluding hydrogens is 304 g/mol. The average molecular weight is 326 g/mol. The molecule has 1 atom stereocenters. The summed E-state index contributed by atoms with van der Waals surface area (Å²) in [5.74, 6) is 1.15. The van der Waals surface area contributed by atoms with E-state index < -0.39 is 0 Å². The first-order chi connectivity index (χ1) is 11.7. The summed E-state index contributed by atoms with van der Waals surface area (Å²) in [4.78, 5) is 17.8. The molecule has 24 heavy (non-hydrogen) atoms. The second-order valence-corrected chi connectivity index (χ2v) is 6.70.